The van der Waals surface area contributed by atoms with Crippen LogP contribution in [0.3, 0.4) is 0 Å². The van der Waals surface area contributed by atoms with Crippen LogP contribution in [-0.4, -0.2) is 52.0 Å². The molecule has 1 N–H and O–H groups in total. The largest absolute Gasteiger partial charge is 0.342 e. The number of fused-ring (bicyclic) bond motifs is 1. The first-order valence-corrected chi connectivity index (χ1v) is 9.17. The van der Waals surface area contributed by atoms with Gasteiger partial charge in [0.1, 0.15) is 0 Å². The Kier molecular flexibility index (Phi) is 5.94. The van der Waals surface area contributed by atoms with E-state index < -0.39 is 0 Å². The van der Waals surface area contributed by atoms with Crippen molar-refractivity contribution >= 4 is 18.3 Å². The number of aromatic nitrogens is 3. The second kappa shape index (κ2) is 8.18. The second-order valence-electron chi connectivity index (χ2n) is 7.18. The first-order valence-electron chi connectivity index (χ1n) is 9.17. The average Bonchev–Trinajstić information content (AvgIpc) is 3.17. The van der Waals surface area contributed by atoms with Crippen LogP contribution in [0, 0.1) is 18.8 Å². The molecule has 26 heavy (non-hydrogen) atoms. The summed E-state index contributed by atoms with van der Waals surface area (Å²) in [7, 11) is 0. The Balaban J connectivity index is 0.00000196. The van der Waals surface area contributed by atoms with Gasteiger partial charge in [-0.15, -0.1) is 17.5 Å². The standard InChI is InChI=1S/C19H25N5O.ClH/c1-14-18(21-22-24(14)17-5-3-2-4-6-17)11-19(25)23-9-7-15-12-20-13-16(15)8-10-23;/h2-6,15-16,20H,7-13H2,1H3;1H/t15-,16+;. The van der Waals surface area contributed by atoms with Gasteiger partial charge in [-0.2, -0.15) is 0 Å². The highest BCUT2D eigenvalue weighted by atomic mass is 35.5. The Bertz CT molecular complexity index is 734. The zero-order chi connectivity index (χ0) is 17.2. The van der Waals surface area contributed by atoms with Crippen LogP contribution in [0.25, 0.3) is 5.69 Å². The van der Waals surface area contributed by atoms with E-state index in [1.54, 1.807) is 4.68 Å². The maximum atomic E-state index is 12.8. The van der Waals surface area contributed by atoms with Gasteiger partial charge in [-0.25, -0.2) is 4.68 Å². The van der Waals surface area contributed by atoms with E-state index in [1.807, 2.05) is 42.2 Å². The topological polar surface area (TPSA) is 63.1 Å². The van der Waals surface area contributed by atoms with Gasteiger partial charge < -0.3 is 10.2 Å². The maximum Gasteiger partial charge on any atom is 0.228 e. The number of carbonyl (C=O) groups is 1. The summed E-state index contributed by atoms with van der Waals surface area (Å²) in [6.07, 6.45) is 2.56. The van der Waals surface area contributed by atoms with E-state index in [0.29, 0.717) is 6.42 Å². The Morgan fingerprint density at radius 2 is 1.81 bits per heavy atom. The molecule has 1 aromatic heterocycles. The molecule has 0 saturated carbocycles. The fourth-order valence-electron chi connectivity index (χ4n) is 4.06. The number of carbonyl (C=O) groups excluding carboxylic acids is 1. The van der Waals surface area contributed by atoms with Crippen molar-refractivity contribution in [3.63, 3.8) is 0 Å². The minimum Gasteiger partial charge on any atom is -0.342 e. The van der Waals surface area contributed by atoms with Crippen LogP contribution < -0.4 is 5.32 Å². The smallest absolute Gasteiger partial charge is 0.228 e. The van der Waals surface area contributed by atoms with Crippen LogP contribution in [-0.2, 0) is 11.2 Å². The Morgan fingerprint density at radius 3 is 2.46 bits per heavy atom. The van der Waals surface area contributed by atoms with Crippen molar-refractivity contribution in [2.24, 2.45) is 11.8 Å². The highest BCUT2D eigenvalue weighted by Crippen LogP contribution is 2.27. The van der Waals surface area contributed by atoms with Crippen molar-refractivity contribution in [3.8, 4) is 5.69 Å². The monoisotopic (exact) mass is 375 g/mol. The first kappa shape index (κ1) is 18.9. The van der Waals surface area contributed by atoms with Crippen molar-refractivity contribution in [2.45, 2.75) is 26.2 Å². The normalized spacial score (nSPS) is 22.4. The molecule has 2 aliphatic heterocycles. The number of hydrogen-bond acceptors (Lipinski definition) is 4. The molecule has 2 fully saturated rings. The van der Waals surface area contributed by atoms with Gasteiger partial charge in [0.15, 0.2) is 0 Å². The maximum absolute atomic E-state index is 12.8. The molecule has 2 aliphatic rings. The molecule has 4 rings (SSSR count). The van der Waals surface area contributed by atoms with Gasteiger partial charge in [0, 0.05) is 13.1 Å². The van der Waals surface area contributed by atoms with Crippen molar-refractivity contribution < 1.29 is 4.79 Å². The summed E-state index contributed by atoms with van der Waals surface area (Å²) < 4.78 is 1.81. The Morgan fingerprint density at radius 1 is 1.15 bits per heavy atom. The third kappa shape index (κ3) is 3.76. The molecule has 7 heteroatoms. The highest BCUT2D eigenvalue weighted by molar-refractivity contribution is 5.85. The molecule has 1 aromatic carbocycles. The lowest BCUT2D eigenvalue weighted by atomic mass is 9.92. The minimum atomic E-state index is 0. The summed E-state index contributed by atoms with van der Waals surface area (Å²) in [6, 6.07) is 9.92. The van der Waals surface area contributed by atoms with Gasteiger partial charge in [-0.05, 0) is 56.8 Å². The predicted octanol–water partition coefficient (Wildman–Crippen LogP) is 2.00. The van der Waals surface area contributed by atoms with E-state index in [4.69, 9.17) is 0 Å². The molecule has 0 aliphatic carbocycles. The highest BCUT2D eigenvalue weighted by Gasteiger charge is 2.31. The van der Waals surface area contributed by atoms with Crippen LogP contribution in [0.15, 0.2) is 30.3 Å². The molecule has 0 bridgehead atoms. The summed E-state index contributed by atoms with van der Waals surface area (Å²) in [5.74, 6) is 1.65. The molecular formula is C19H26ClN5O. The number of rotatable bonds is 3. The van der Waals surface area contributed by atoms with Gasteiger partial charge in [0.2, 0.25) is 5.91 Å². The van der Waals surface area contributed by atoms with Gasteiger partial charge in [-0.1, -0.05) is 23.4 Å². The quantitative estimate of drug-likeness (QED) is 0.891. The van der Waals surface area contributed by atoms with Crippen molar-refractivity contribution in [1.82, 2.24) is 25.2 Å². The lowest BCUT2D eigenvalue weighted by Crippen LogP contribution is -2.34. The molecule has 6 nitrogen and oxygen atoms in total. The summed E-state index contributed by atoms with van der Waals surface area (Å²) in [5, 5.41) is 12.0. The number of nitrogens with zero attached hydrogens (tertiary/aromatic N) is 4. The summed E-state index contributed by atoms with van der Waals surface area (Å²) in [6.45, 7) is 5.93. The van der Waals surface area contributed by atoms with Crippen molar-refractivity contribution in [1.29, 1.82) is 0 Å². The molecule has 2 atom stereocenters. The molecule has 3 heterocycles. The number of likely N-dealkylation sites (tertiary alicyclic amines) is 1. The molecule has 0 unspecified atom stereocenters. The summed E-state index contributed by atoms with van der Waals surface area (Å²) in [5.41, 5.74) is 2.69. The second-order valence-corrected chi connectivity index (χ2v) is 7.18. The van der Waals surface area contributed by atoms with E-state index in [2.05, 4.69) is 15.6 Å². The zero-order valence-corrected chi connectivity index (χ0v) is 15.9. The minimum absolute atomic E-state index is 0. The zero-order valence-electron chi connectivity index (χ0n) is 15.1. The number of benzene rings is 1. The SMILES string of the molecule is Cc1c(CC(=O)N2CC[C@@H]3CNC[C@@H]3CC2)nnn1-c1ccccc1.Cl. The van der Waals surface area contributed by atoms with E-state index in [-0.39, 0.29) is 18.3 Å². The average molecular weight is 376 g/mol. The van der Waals surface area contributed by atoms with Crippen LogP contribution in [0.5, 0.6) is 0 Å². The summed E-state index contributed by atoms with van der Waals surface area (Å²) in [4.78, 5) is 14.8. The van der Waals surface area contributed by atoms with Crippen LogP contribution in [0.4, 0.5) is 0 Å². The Labute approximate surface area is 160 Å². The van der Waals surface area contributed by atoms with E-state index in [1.165, 1.54) is 0 Å². The number of nitrogens with one attached hydrogen (secondary N) is 1. The summed E-state index contributed by atoms with van der Waals surface area (Å²) >= 11 is 0. The molecule has 0 radical (unpaired) electrons. The van der Waals surface area contributed by atoms with Crippen molar-refractivity contribution in [2.75, 3.05) is 26.2 Å². The fraction of sp³-hybridized carbons (Fsp3) is 0.526. The molecule has 140 valence electrons. The number of hydrogen-bond donors (Lipinski definition) is 1. The van der Waals surface area contributed by atoms with E-state index in [0.717, 1.165) is 67.9 Å². The molecule has 1 amide bonds. The van der Waals surface area contributed by atoms with E-state index in [9.17, 15) is 4.79 Å². The van der Waals surface area contributed by atoms with Gasteiger partial charge in [0.05, 0.1) is 23.5 Å². The molecular weight excluding hydrogens is 350 g/mol. The van der Waals surface area contributed by atoms with Crippen LogP contribution in [0.1, 0.15) is 24.2 Å². The third-order valence-electron chi connectivity index (χ3n) is 5.68. The molecule has 2 saturated heterocycles. The number of halogens is 1. The third-order valence-corrected chi connectivity index (χ3v) is 5.68. The van der Waals surface area contributed by atoms with Gasteiger partial charge >= 0.3 is 0 Å². The lowest BCUT2D eigenvalue weighted by Gasteiger charge is -2.20. The molecule has 2 aromatic rings. The fourth-order valence-corrected chi connectivity index (χ4v) is 4.06. The number of para-hydroxylation sites is 1. The van der Waals surface area contributed by atoms with Crippen LogP contribution >= 0.6 is 12.4 Å². The number of amides is 1. The van der Waals surface area contributed by atoms with Crippen molar-refractivity contribution in [3.05, 3.63) is 41.7 Å². The first-order chi connectivity index (χ1) is 12.2. The van der Waals surface area contributed by atoms with E-state index >= 15 is 0 Å². The molecule has 0 spiro atoms. The van der Waals surface area contributed by atoms with Gasteiger partial charge in [-0.3, -0.25) is 4.79 Å². The lowest BCUT2D eigenvalue weighted by molar-refractivity contribution is -0.130. The van der Waals surface area contributed by atoms with Crippen LogP contribution in [0.2, 0.25) is 0 Å². The Hall–Kier alpha value is -1.92. The predicted molar refractivity (Wildman–Crippen MR) is 103 cm³/mol. The van der Waals surface area contributed by atoms with Gasteiger partial charge in [0.25, 0.3) is 0 Å².